The summed E-state index contributed by atoms with van der Waals surface area (Å²) in [6.07, 6.45) is 1.52. The molecule has 1 aromatic heterocycles. The standard InChI is InChI=1S/C12H15ClN2O3S/c1-2-7-15(8-9-3-4-10(13)19-9)12(18)14-6-5-11(16)17/h2-4H,1,5-8H2,(H,14,18)(H,16,17). The number of carboxylic acids is 1. The average Bonchev–Trinajstić information content (AvgIpc) is 2.73. The zero-order chi connectivity index (χ0) is 14.3. The van der Waals surface area contributed by atoms with Gasteiger partial charge in [0.1, 0.15) is 0 Å². The van der Waals surface area contributed by atoms with Crippen LogP contribution in [-0.4, -0.2) is 35.1 Å². The highest BCUT2D eigenvalue weighted by molar-refractivity contribution is 7.16. The molecule has 0 aliphatic heterocycles. The first-order chi connectivity index (χ1) is 9.02. The molecule has 2 amide bonds. The molecule has 1 aromatic rings. The van der Waals surface area contributed by atoms with E-state index in [9.17, 15) is 9.59 Å². The second-order valence-corrected chi connectivity index (χ2v) is 5.55. The topological polar surface area (TPSA) is 69.6 Å². The molecule has 104 valence electrons. The third kappa shape index (κ3) is 5.76. The van der Waals surface area contributed by atoms with Crippen molar-refractivity contribution < 1.29 is 14.7 Å². The minimum Gasteiger partial charge on any atom is -0.481 e. The van der Waals surface area contributed by atoms with Gasteiger partial charge in [-0.2, -0.15) is 0 Å². The van der Waals surface area contributed by atoms with Gasteiger partial charge in [-0.1, -0.05) is 17.7 Å². The third-order valence-electron chi connectivity index (χ3n) is 2.23. The maximum absolute atomic E-state index is 11.9. The zero-order valence-electron chi connectivity index (χ0n) is 10.3. The van der Waals surface area contributed by atoms with Gasteiger partial charge >= 0.3 is 12.0 Å². The summed E-state index contributed by atoms with van der Waals surface area (Å²) in [5.41, 5.74) is 0. The van der Waals surface area contributed by atoms with Crippen molar-refractivity contribution >= 4 is 34.9 Å². The number of halogens is 1. The van der Waals surface area contributed by atoms with Crippen LogP contribution in [0.5, 0.6) is 0 Å². The van der Waals surface area contributed by atoms with Crippen molar-refractivity contribution in [1.82, 2.24) is 10.2 Å². The van der Waals surface area contributed by atoms with Crippen LogP contribution in [-0.2, 0) is 11.3 Å². The number of amides is 2. The molecule has 19 heavy (non-hydrogen) atoms. The molecule has 0 unspecified atom stereocenters. The van der Waals surface area contributed by atoms with Gasteiger partial charge in [0.25, 0.3) is 0 Å². The van der Waals surface area contributed by atoms with Crippen molar-refractivity contribution in [3.63, 3.8) is 0 Å². The summed E-state index contributed by atoms with van der Waals surface area (Å²) >= 11 is 7.24. The molecule has 0 saturated heterocycles. The van der Waals surface area contributed by atoms with Gasteiger partial charge in [-0.05, 0) is 12.1 Å². The third-order valence-corrected chi connectivity index (χ3v) is 3.44. The number of thiophene rings is 1. The van der Waals surface area contributed by atoms with Gasteiger partial charge < -0.3 is 15.3 Å². The molecule has 0 atom stereocenters. The summed E-state index contributed by atoms with van der Waals surface area (Å²) in [6, 6.07) is 3.31. The number of aliphatic carboxylic acids is 1. The summed E-state index contributed by atoms with van der Waals surface area (Å²) in [6.45, 7) is 4.51. The van der Waals surface area contributed by atoms with Crippen LogP contribution in [0.3, 0.4) is 0 Å². The second-order valence-electron chi connectivity index (χ2n) is 3.75. The average molecular weight is 303 g/mol. The Morgan fingerprint density at radius 3 is 2.79 bits per heavy atom. The summed E-state index contributed by atoms with van der Waals surface area (Å²) in [7, 11) is 0. The van der Waals surface area contributed by atoms with Crippen molar-refractivity contribution in [2.75, 3.05) is 13.1 Å². The fourth-order valence-electron chi connectivity index (χ4n) is 1.39. The first kappa shape index (κ1) is 15.5. The minimum atomic E-state index is -0.944. The Morgan fingerprint density at radius 1 is 1.53 bits per heavy atom. The van der Waals surface area contributed by atoms with Crippen molar-refractivity contribution in [3.05, 3.63) is 34.0 Å². The Balaban J connectivity index is 2.53. The van der Waals surface area contributed by atoms with Crippen molar-refractivity contribution in [1.29, 1.82) is 0 Å². The molecule has 0 aliphatic carbocycles. The number of urea groups is 1. The van der Waals surface area contributed by atoms with Gasteiger partial charge in [0.05, 0.1) is 17.3 Å². The lowest BCUT2D eigenvalue weighted by molar-refractivity contribution is -0.136. The second kappa shape index (κ2) is 7.81. The monoisotopic (exact) mass is 302 g/mol. The number of carboxylic acid groups (broad SMARTS) is 1. The van der Waals surface area contributed by atoms with Crippen LogP contribution in [0.2, 0.25) is 4.34 Å². The van der Waals surface area contributed by atoms with E-state index in [1.54, 1.807) is 12.1 Å². The minimum absolute atomic E-state index is 0.0987. The maximum Gasteiger partial charge on any atom is 0.318 e. The quantitative estimate of drug-likeness (QED) is 0.761. The molecule has 0 fully saturated rings. The fourth-order valence-corrected chi connectivity index (χ4v) is 2.49. The lowest BCUT2D eigenvalue weighted by Gasteiger charge is -2.20. The maximum atomic E-state index is 11.9. The molecule has 1 heterocycles. The van der Waals surface area contributed by atoms with Crippen molar-refractivity contribution in [3.8, 4) is 0 Å². The number of rotatable bonds is 7. The van der Waals surface area contributed by atoms with E-state index in [1.807, 2.05) is 6.07 Å². The van der Waals surface area contributed by atoms with Gasteiger partial charge in [-0.3, -0.25) is 4.79 Å². The Kier molecular flexibility index (Phi) is 6.38. The van der Waals surface area contributed by atoms with Crippen LogP contribution >= 0.6 is 22.9 Å². The van der Waals surface area contributed by atoms with E-state index >= 15 is 0 Å². The van der Waals surface area contributed by atoms with Crippen molar-refractivity contribution in [2.45, 2.75) is 13.0 Å². The van der Waals surface area contributed by atoms with Crippen LogP contribution in [0, 0.1) is 0 Å². The normalized spacial score (nSPS) is 9.95. The SMILES string of the molecule is C=CCN(Cc1ccc(Cl)s1)C(=O)NCCC(=O)O. The van der Waals surface area contributed by atoms with Crippen LogP contribution < -0.4 is 5.32 Å². The van der Waals surface area contributed by atoms with Crippen LogP contribution in [0.4, 0.5) is 4.79 Å². The molecule has 0 radical (unpaired) electrons. The molecular formula is C12H15ClN2O3S. The van der Waals surface area contributed by atoms with Gasteiger partial charge in [-0.25, -0.2) is 4.79 Å². The number of carbonyl (C=O) groups is 2. The highest BCUT2D eigenvalue weighted by Crippen LogP contribution is 2.22. The molecule has 0 spiro atoms. The lowest BCUT2D eigenvalue weighted by Crippen LogP contribution is -2.40. The van der Waals surface area contributed by atoms with Gasteiger partial charge in [-0.15, -0.1) is 17.9 Å². The molecule has 7 heteroatoms. The number of carbonyl (C=O) groups excluding carboxylic acids is 1. The first-order valence-electron chi connectivity index (χ1n) is 5.62. The van der Waals surface area contributed by atoms with E-state index in [2.05, 4.69) is 11.9 Å². The van der Waals surface area contributed by atoms with E-state index < -0.39 is 5.97 Å². The molecule has 5 nitrogen and oxygen atoms in total. The molecule has 0 aliphatic rings. The Bertz CT molecular complexity index is 462. The van der Waals surface area contributed by atoms with E-state index in [-0.39, 0.29) is 19.0 Å². The largest absolute Gasteiger partial charge is 0.481 e. The Morgan fingerprint density at radius 2 is 2.26 bits per heavy atom. The van der Waals surface area contributed by atoms with E-state index in [1.165, 1.54) is 16.2 Å². The Labute approximate surface area is 120 Å². The molecule has 0 saturated carbocycles. The van der Waals surface area contributed by atoms with Crippen molar-refractivity contribution in [2.24, 2.45) is 0 Å². The zero-order valence-corrected chi connectivity index (χ0v) is 11.8. The molecule has 2 N–H and O–H groups in total. The number of nitrogens with one attached hydrogen (secondary N) is 1. The smallest absolute Gasteiger partial charge is 0.318 e. The molecule has 0 aromatic carbocycles. The predicted molar refractivity (Wildman–Crippen MR) is 75.6 cm³/mol. The van der Waals surface area contributed by atoms with Crippen LogP contribution in [0.25, 0.3) is 0 Å². The van der Waals surface area contributed by atoms with Gasteiger partial charge in [0, 0.05) is 18.0 Å². The number of hydrogen-bond donors (Lipinski definition) is 2. The van der Waals surface area contributed by atoms with Gasteiger partial charge in [0.2, 0.25) is 0 Å². The number of nitrogens with zero attached hydrogens (tertiary/aromatic N) is 1. The lowest BCUT2D eigenvalue weighted by atomic mass is 10.4. The van der Waals surface area contributed by atoms with Crippen LogP contribution in [0.1, 0.15) is 11.3 Å². The predicted octanol–water partition coefficient (Wildman–Crippen LogP) is 2.57. The molecule has 1 rings (SSSR count). The highest BCUT2D eigenvalue weighted by atomic mass is 35.5. The summed E-state index contributed by atoms with van der Waals surface area (Å²) in [4.78, 5) is 24.7. The summed E-state index contributed by atoms with van der Waals surface area (Å²) in [5.74, 6) is -0.944. The molecule has 0 bridgehead atoms. The first-order valence-corrected chi connectivity index (χ1v) is 6.82. The van der Waals surface area contributed by atoms with E-state index in [0.717, 1.165) is 4.88 Å². The number of hydrogen-bond acceptors (Lipinski definition) is 3. The Hall–Kier alpha value is -1.53. The van der Waals surface area contributed by atoms with E-state index in [4.69, 9.17) is 16.7 Å². The van der Waals surface area contributed by atoms with Gasteiger partial charge in [0.15, 0.2) is 0 Å². The fraction of sp³-hybridized carbons (Fsp3) is 0.333. The summed E-state index contributed by atoms with van der Waals surface area (Å²) in [5, 5.41) is 11.1. The van der Waals surface area contributed by atoms with E-state index in [0.29, 0.717) is 17.4 Å². The van der Waals surface area contributed by atoms with Crippen LogP contribution in [0.15, 0.2) is 24.8 Å². The highest BCUT2D eigenvalue weighted by Gasteiger charge is 2.13. The summed E-state index contributed by atoms with van der Waals surface area (Å²) < 4.78 is 0.667. The molecular weight excluding hydrogens is 288 g/mol.